The molecule has 5 heteroatoms. The molecule has 0 aliphatic heterocycles. The average Bonchev–Trinajstić information content (AvgIpc) is 2.73. The van der Waals surface area contributed by atoms with E-state index in [2.05, 4.69) is 29.0 Å². The number of anilines is 2. The van der Waals surface area contributed by atoms with Gasteiger partial charge in [-0.15, -0.1) is 0 Å². The van der Waals surface area contributed by atoms with Crippen molar-refractivity contribution in [1.29, 1.82) is 0 Å². The molecule has 3 aromatic rings. The first kappa shape index (κ1) is 19.5. The maximum atomic E-state index is 13.1. The molecule has 0 saturated carbocycles. The van der Waals surface area contributed by atoms with Crippen molar-refractivity contribution in [2.24, 2.45) is 0 Å². The van der Waals surface area contributed by atoms with Crippen molar-refractivity contribution in [3.63, 3.8) is 0 Å². The van der Waals surface area contributed by atoms with Gasteiger partial charge in [-0.05, 0) is 50.1 Å². The van der Waals surface area contributed by atoms with Crippen molar-refractivity contribution in [1.82, 2.24) is 14.9 Å². The molecule has 5 nitrogen and oxygen atoms in total. The van der Waals surface area contributed by atoms with Crippen molar-refractivity contribution < 1.29 is 4.79 Å². The number of hydrogen-bond donors (Lipinski definition) is 0. The summed E-state index contributed by atoms with van der Waals surface area (Å²) in [5.41, 5.74) is 3.70. The van der Waals surface area contributed by atoms with E-state index in [1.54, 1.807) is 17.2 Å². The van der Waals surface area contributed by atoms with Crippen molar-refractivity contribution in [2.75, 3.05) is 18.0 Å². The van der Waals surface area contributed by atoms with Gasteiger partial charge in [0.05, 0.1) is 0 Å². The van der Waals surface area contributed by atoms with Gasteiger partial charge in [0.1, 0.15) is 5.69 Å². The second-order valence-corrected chi connectivity index (χ2v) is 6.63. The van der Waals surface area contributed by atoms with Gasteiger partial charge in [-0.1, -0.05) is 42.5 Å². The quantitative estimate of drug-likeness (QED) is 0.606. The van der Waals surface area contributed by atoms with Crippen LogP contribution in [0.4, 0.5) is 11.6 Å². The number of amides is 1. The van der Waals surface area contributed by atoms with Crippen LogP contribution in [-0.2, 0) is 6.54 Å². The van der Waals surface area contributed by atoms with E-state index >= 15 is 0 Å². The highest BCUT2D eigenvalue weighted by molar-refractivity contribution is 5.92. The van der Waals surface area contributed by atoms with Crippen LogP contribution in [0.3, 0.4) is 0 Å². The minimum absolute atomic E-state index is 0.0877. The van der Waals surface area contributed by atoms with E-state index in [1.165, 1.54) is 5.56 Å². The monoisotopic (exact) mass is 374 g/mol. The first-order valence-corrected chi connectivity index (χ1v) is 9.62. The molecule has 0 bridgehead atoms. The van der Waals surface area contributed by atoms with E-state index in [-0.39, 0.29) is 5.91 Å². The van der Waals surface area contributed by atoms with Gasteiger partial charge in [-0.25, -0.2) is 9.97 Å². The Labute approximate surface area is 166 Å². The number of nitrogens with zero attached hydrogens (tertiary/aromatic N) is 4. The van der Waals surface area contributed by atoms with E-state index in [4.69, 9.17) is 0 Å². The van der Waals surface area contributed by atoms with Crippen LogP contribution in [-0.4, -0.2) is 33.9 Å². The predicted octanol–water partition coefficient (Wildman–Crippen LogP) is 4.61. The Morgan fingerprint density at radius 3 is 2.43 bits per heavy atom. The molecule has 0 unspecified atom stereocenters. The minimum atomic E-state index is -0.0877. The number of rotatable bonds is 7. The maximum absolute atomic E-state index is 13.1. The number of aryl methyl sites for hydroxylation is 1. The number of aromatic nitrogens is 2. The highest BCUT2D eigenvalue weighted by Crippen LogP contribution is 2.23. The van der Waals surface area contributed by atoms with Crippen molar-refractivity contribution in [3.05, 3.63) is 83.7 Å². The molecular weight excluding hydrogens is 348 g/mol. The molecule has 0 atom stereocenters. The van der Waals surface area contributed by atoms with Crippen LogP contribution in [0.1, 0.15) is 35.5 Å². The Morgan fingerprint density at radius 2 is 1.75 bits per heavy atom. The summed E-state index contributed by atoms with van der Waals surface area (Å²) < 4.78 is 0. The fourth-order valence-electron chi connectivity index (χ4n) is 3.13. The van der Waals surface area contributed by atoms with Crippen LogP contribution in [0.5, 0.6) is 0 Å². The standard InChI is InChI=1S/C23H26N4O/c1-4-26(17-19-11-7-6-8-12-19)22(28)21-14-15-24-23(25-21)27(5-2)20-13-9-10-18(3)16-20/h6-16H,4-5,17H2,1-3H3. The lowest BCUT2D eigenvalue weighted by Crippen LogP contribution is -2.31. The number of benzene rings is 2. The third-order valence-corrected chi connectivity index (χ3v) is 4.62. The lowest BCUT2D eigenvalue weighted by molar-refractivity contribution is 0.0746. The normalized spacial score (nSPS) is 10.5. The molecule has 0 saturated heterocycles. The van der Waals surface area contributed by atoms with E-state index in [1.807, 2.05) is 61.2 Å². The van der Waals surface area contributed by atoms with Gasteiger partial charge in [0.2, 0.25) is 5.95 Å². The third kappa shape index (κ3) is 4.55. The summed E-state index contributed by atoms with van der Waals surface area (Å²) in [7, 11) is 0. The fourth-order valence-corrected chi connectivity index (χ4v) is 3.13. The van der Waals surface area contributed by atoms with Gasteiger partial charge < -0.3 is 9.80 Å². The minimum Gasteiger partial charge on any atom is -0.333 e. The first-order chi connectivity index (χ1) is 13.6. The van der Waals surface area contributed by atoms with Crippen molar-refractivity contribution in [2.45, 2.75) is 27.3 Å². The van der Waals surface area contributed by atoms with Gasteiger partial charge in [-0.2, -0.15) is 0 Å². The Morgan fingerprint density at radius 1 is 0.964 bits per heavy atom. The molecular formula is C23H26N4O. The highest BCUT2D eigenvalue weighted by atomic mass is 16.2. The summed E-state index contributed by atoms with van der Waals surface area (Å²) >= 11 is 0. The van der Waals surface area contributed by atoms with E-state index in [0.717, 1.165) is 11.3 Å². The molecule has 3 rings (SSSR count). The first-order valence-electron chi connectivity index (χ1n) is 9.62. The van der Waals surface area contributed by atoms with Gasteiger partial charge >= 0.3 is 0 Å². The number of carbonyl (C=O) groups excluding carboxylic acids is 1. The van der Waals surface area contributed by atoms with Crippen LogP contribution >= 0.6 is 0 Å². The molecule has 28 heavy (non-hydrogen) atoms. The summed E-state index contributed by atoms with van der Waals surface area (Å²) in [4.78, 5) is 25.9. The van der Waals surface area contributed by atoms with Crippen LogP contribution in [0.2, 0.25) is 0 Å². The summed E-state index contributed by atoms with van der Waals surface area (Å²) in [6.07, 6.45) is 1.66. The number of hydrogen-bond acceptors (Lipinski definition) is 4. The zero-order valence-corrected chi connectivity index (χ0v) is 16.7. The second-order valence-electron chi connectivity index (χ2n) is 6.63. The number of carbonyl (C=O) groups is 1. The largest absolute Gasteiger partial charge is 0.333 e. The summed E-state index contributed by atoms with van der Waals surface area (Å²) in [5, 5.41) is 0. The van der Waals surface area contributed by atoms with Crippen LogP contribution in [0.25, 0.3) is 0 Å². The van der Waals surface area contributed by atoms with Crippen LogP contribution < -0.4 is 4.90 Å². The molecule has 0 N–H and O–H groups in total. The van der Waals surface area contributed by atoms with Crippen LogP contribution in [0.15, 0.2) is 66.9 Å². The molecule has 1 aromatic heterocycles. The Hall–Kier alpha value is -3.21. The molecule has 0 aliphatic rings. The topological polar surface area (TPSA) is 49.3 Å². The summed E-state index contributed by atoms with van der Waals surface area (Å²) in [6, 6.07) is 19.9. The second kappa shape index (κ2) is 9.13. The van der Waals surface area contributed by atoms with Gasteiger partial charge in [0.15, 0.2) is 0 Å². The Bertz CT molecular complexity index is 927. The molecule has 0 aliphatic carbocycles. The lowest BCUT2D eigenvalue weighted by atomic mass is 10.2. The Balaban J connectivity index is 1.85. The van der Waals surface area contributed by atoms with Gasteiger partial charge in [0.25, 0.3) is 5.91 Å². The summed E-state index contributed by atoms with van der Waals surface area (Å²) in [6.45, 7) is 7.97. The molecule has 1 amide bonds. The average molecular weight is 374 g/mol. The molecule has 144 valence electrons. The fraction of sp³-hybridized carbons (Fsp3) is 0.261. The highest BCUT2D eigenvalue weighted by Gasteiger charge is 2.18. The van der Waals surface area contributed by atoms with Crippen molar-refractivity contribution in [3.8, 4) is 0 Å². The molecule has 2 aromatic carbocycles. The molecule has 1 heterocycles. The zero-order chi connectivity index (χ0) is 19.9. The van der Waals surface area contributed by atoms with E-state index < -0.39 is 0 Å². The Kier molecular flexibility index (Phi) is 6.37. The van der Waals surface area contributed by atoms with Crippen molar-refractivity contribution >= 4 is 17.5 Å². The molecule has 0 spiro atoms. The molecule has 0 radical (unpaired) electrons. The summed E-state index contributed by atoms with van der Waals surface area (Å²) in [5.74, 6) is 0.449. The van der Waals surface area contributed by atoms with E-state index in [9.17, 15) is 4.79 Å². The smallest absolute Gasteiger partial charge is 0.272 e. The lowest BCUT2D eigenvalue weighted by Gasteiger charge is -2.23. The van der Waals surface area contributed by atoms with Gasteiger partial charge in [-0.3, -0.25) is 4.79 Å². The zero-order valence-electron chi connectivity index (χ0n) is 16.7. The van der Waals surface area contributed by atoms with Gasteiger partial charge in [0, 0.05) is 31.5 Å². The molecule has 0 fully saturated rings. The maximum Gasteiger partial charge on any atom is 0.272 e. The SMILES string of the molecule is CCN(Cc1ccccc1)C(=O)c1ccnc(N(CC)c2cccc(C)c2)n1. The predicted molar refractivity (Wildman–Crippen MR) is 113 cm³/mol. The van der Waals surface area contributed by atoms with Crippen LogP contribution in [0, 0.1) is 6.92 Å². The van der Waals surface area contributed by atoms with E-state index in [0.29, 0.717) is 31.3 Å². The third-order valence-electron chi connectivity index (χ3n) is 4.62.